The molecule has 1 aromatic carbocycles. The Morgan fingerprint density at radius 2 is 1.75 bits per heavy atom. The zero-order valence-corrected chi connectivity index (χ0v) is 14.1. The van der Waals surface area contributed by atoms with E-state index in [1.54, 1.807) is 6.07 Å². The first-order valence-corrected chi connectivity index (χ1v) is 8.46. The molecular formula is C17H25Cl2N. The largest absolute Gasteiger partial charge is 0.310 e. The summed E-state index contributed by atoms with van der Waals surface area (Å²) in [7, 11) is 0. The fraction of sp³-hybridized carbons (Fsp3) is 0.647. The van der Waals surface area contributed by atoms with Gasteiger partial charge in [-0.25, -0.2) is 0 Å². The summed E-state index contributed by atoms with van der Waals surface area (Å²) in [5, 5.41) is 5.10. The highest BCUT2D eigenvalue weighted by molar-refractivity contribution is 6.34. The second-order valence-corrected chi connectivity index (χ2v) is 7.14. The van der Waals surface area contributed by atoms with Gasteiger partial charge in [-0.15, -0.1) is 0 Å². The minimum atomic E-state index is 0.367. The van der Waals surface area contributed by atoms with Gasteiger partial charge in [0.2, 0.25) is 0 Å². The normalized spacial score (nSPS) is 28.4. The summed E-state index contributed by atoms with van der Waals surface area (Å²) in [6.07, 6.45) is 3.89. The number of benzene rings is 1. The molecule has 0 amide bonds. The second kappa shape index (κ2) is 7.15. The van der Waals surface area contributed by atoms with E-state index in [1.165, 1.54) is 24.8 Å². The Morgan fingerprint density at radius 3 is 2.30 bits per heavy atom. The van der Waals surface area contributed by atoms with Gasteiger partial charge >= 0.3 is 0 Å². The van der Waals surface area contributed by atoms with Crippen molar-refractivity contribution in [3.63, 3.8) is 0 Å². The molecule has 0 radical (unpaired) electrons. The molecule has 1 nitrogen and oxygen atoms in total. The third kappa shape index (κ3) is 3.90. The van der Waals surface area contributed by atoms with Crippen LogP contribution in [0.5, 0.6) is 0 Å². The number of rotatable bonds is 4. The summed E-state index contributed by atoms with van der Waals surface area (Å²) in [5.74, 6) is 2.32. The molecule has 1 saturated carbocycles. The van der Waals surface area contributed by atoms with Gasteiger partial charge in [-0.3, -0.25) is 0 Å². The molecule has 1 aliphatic rings. The maximum Gasteiger partial charge on any atom is 0.0424 e. The Morgan fingerprint density at radius 1 is 1.10 bits per heavy atom. The average Bonchev–Trinajstić information content (AvgIpc) is 2.38. The van der Waals surface area contributed by atoms with Crippen molar-refractivity contribution in [2.24, 2.45) is 17.8 Å². The molecule has 1 fully saturated rings. The Balaban J connectivity index is 2.22. The van der Waals surface area contributed by atoms with E-state index in [-0.39, 0.29) is 0 Å². The van der Waals surface area contributed by atoms with Crippen LogP contribution in [0.1, 0.15) is 51.6 Å². The van der Waals surface area contributed by atoms with E-state index >= 15 is 0 Å². The Kier molecular flexibility index (Phi) is 5.77. The van der Waals surface area contributed by atoms with E-state index in [0.717, 1.165) is 28.4 Å². The first kappa shape index (κ1) is 16.1. The average molecular weight is 314 g/mol. The molecule has 112 valence electrons. The molecular weight excluding hydrogens is 289 g/mol. The van der Waals surface area contributed by atoms with Gasteiger partial charge in [0.05, 0.1) is 0 Å². The van der Waals surface area contributed by atoms with E-state index in [1.807, 2.05) is 0 Å². The molecule has 1 N–H and O–H groups in total. The van der Waals surface area contributed by atoms with E-state index in [0.29, 0.717) is 12.0 Å². The molecule has 4 atom stereocenters. The highest BCUT2D eigenvalue weighted by Gasteiger charge is 2.30. The fourth-order valence-electron chi connectivity index (χ4n) is 3.42. The van der Waals surface area contributed by atoms with Crippen molar-refractivity contribution in [2.75, 3.05) is 6.54 Å². The summed E-state index contributed by atoms with van der Waals surface area (Å²) < 4.78 is 0. The molecule has 2 rings (SSSR count). The van der Waals surface area contributed by atoms with Crippen LogP contribution >= 0.6 is 23.2 Å². The lowest BCUT2D eigenvalue weighted by molar-refractivity contribution is 0.172. The van der Waals surface area contributed by atoms with Crippen LogP contribution < -0.4 is 5.32 Å². The molecule has 0 aromatic heterocycles. The van der Waals surface area contributed by atoms with E-state index < -0.39 is 0 Å². The lowest BCUT2D eigenvalue weighted by Crippen LogP contribution is -2.33. The van der Waals surface area contributed by atoms with Crippen molar-refractivity contribution in [3.05, 3.63) is 33.8 Å². The van der Waals surface area contributed by atoms with Gasteiger partial charge in [-0.2, -0.15) is 0 Å². The maximum atomic E-state index is 6.17. The van der Waals surface area contributed by atoms with Crippen molar-refractivity contribution < 1.29 is 0 Å². The SMILES string of the molecule is CCNC(c1cc(Cl)cc(Cl)c1)C1CCC(C)C(C)C1. The van der Waals surface area contributed by atoms with Gasteiger partial charge in [0, 0.05) is 16.1 Å². The van der Waals surface area contributed by atoms with Gasteiger partial charge in [-0.05, 0) is 60.9 Å². The van der Waals surface area contributed by atoms with E-state index in [9.17, 15) is 0 Å². The van der Waals surface area contributed by atoms with Crippen molar-refractivity contribution in [1.82, 2.24) is 5.32 Å². The quantitative estimate of drug-likeness (QED) is 0.750. The molecule has 1 aromatic rings. The summed E-state index contributed by atoms with van der Waals surface area (Å²) in [4.78, 5) is 0. The maximum absolute atomic E-state index is 6.17. The van der Waals surface area contributed by atoms with Crippen LogP contribution in [0.4, 0.5) is 0 Å². The third-order valence-corrected chi connectivity index (χ3v) is 5.21. The van der Waals surface area contributed by atoms with Gasteiger partial charge in [0.1, 0.15) is 0 Å². The van der Waals surface area contributed by atoms with Crippen molar-refractivity contribution in [1.29, 1.82) is 0 Å². The molecule has 0 spiro atoms. The van der Waals surface area contributed by atoms with Crippen molar-refractivity contribution in [2.45, 2.75) is 46.1 Å². The Hall–Kier alpha value is -0.240. The molecule has 4 unspecified atom stereocenters. The molecule has 0 saturated heterocycles. The van der Waals surface area contributed by atoms with Crippen LogP contribution in [0.2, 0.25) is 10.0 Å². The predicted octanol–water partition coefficient (Wildman–Crippen LogP) is 5.72. The zero-order valence-electron chi connectivity index (χ0n) is 12.6. The van der Waals surface area contributed by atoms with Gasteiger partial charge in [0.15, 0.2) is 0 Å². The first-order valence-electron chi connectivity index (χ1n) is 7.70. The Labute approximate surface area is 133 Å². The van der Waals surface area contributed by atoms with Crippen molar-refractivity contribution in [3.8, 4) is 0 Å². The molecule has 20 heavy (non-hydrogen) atoms. The van der Waals surface area contributed by atoms with E-state index in [4.69, 9.17) is 23.2 Å². The number of hydrogen-bond donors (Lipinski definition) is 1. The highest BCUT2D eigenvalue weighted by atomic mass is 35.5. The molecule has 0 heterocycles. The van der Waals surface area contributed by atoms with Gasteiger partial charge in [-0.1, -0.05) is 50.4 Å². The smallest absolute Gasteiger partial charge is 0.0424 e. The Bertz CT molecular complexity index is 426. The predicted molar refractivity (Wildman–Crippen MR) is 88.5 cm³/mol. The van der Waals surface area contributed by atoms with Gasteiger partial charge < -0.3 is 5.32 Å². The highest BCUT2D eigenvalue weighted by Crippen LogP contribution is 2.40. The van der Waals surface area contributed by atoms with Crippen LogP contribution in [0, 0.1) is 17.8 Å². The van der Waals surface area contributed by atoms with Gasteiger partial charge in [0.25, 0.3) is 0 Å². The van der Waals surface area contributed by atoms with E-state index in [2.05, 4.69) is 38.2 Å². The molecule has 0 aliphatic heterocycles. The lowest BCUT2D eigenvalue weighted by Gasteiger charge is -2.37. The lowest BCUT2D eigenvalue weighted by atomic mass is 9.72. The minimum Gasteiger partial charge on any atom is -0.310 e. The van der Waals surface area contributed by atoms with Crippen LogP contribution in [-0.4, -0.2) is 6.54 Å². The molecule has 1 aliphatic carbocycles. The zero-order chi connectivity index (χ0) is 14.7. The second-order valence-electron chi connectivity index (χ2n) is 6.27. The fourth-order valence-corrected chi connectivity index (χ4v) is 3.97. The summed E-state index contributed by atoms with van der Waals surface area (Å²) in [6, 6.07) is 6.29. The summed E-state index contributed by atoms with van der Waals surface area (Å²) in [6.45, 7) is 7.88. The first-order chi connectivity index (χ1) is 9.51. The van der Waals surface area contributed by atoms with Crippen LogP contribution in [0.3, 0.4) is 0 Å². The number of nitrogens with one attached hydrogen (secondary N) is 1. The molecule has 3 heteroatoms. The van der Waals surface area contributed by atoms with Crippen molar-refractivity contribution >= 4 is 23.2 Å². The van der Waals surface area contributed by atoms with Crippen LogP contribution in [-0.2, 0) is 0 Å². The topological polar surface area (TPSA) is 12.0 Å². The molecule has 0 bridgehead atoms. The number of halogens is 2. The standard InChI is InChI=1S/C17H25Cl2N/c1-4-20-17(13-6-5-11(2)12(3)7-13)14-8-15(18)10-16(19)9-14/h8-13,17,20H,4-7H2,1-3H3. The van der Waals surface area contributed by atoms with Crippen LogP contribution in [0.15, 0.2) is 18.2 Å². The number of hydrogen-bond acceptors (Lipinski definition) is 1. The van der Waals surface area contributed by atoms with Crippen LogP contribution in [0.25, 0.3) is 0 Å². The monoisotopic (exact) mass is 313 g/mol. The minimum absolute atomic E-state index is 0.367. The third-order valence-electron chi connectivity index (χ3n) is 4.78. The summed E-state index contributed by atoms with van der Waals surface area (Å²) in [5.41, 5.74) is 1.23. The summed E-state index contributed by atoms with van der Waals surface area (Å²) >= 11 is 12.3.